The van der Waals surface area contributed by atoms with Gasteiger partial charge in [0.1, 0.15) is 11.6 Å². The van der Waals surface area contributed by atoms with E-state index in [0.717, 1.165) is 23.9 Å². The number of fused-ring (bicyclic) bond motifs is 1. The normalized spacial score (nSPS) is 12.1. The fourth-order valence-corrected chi connectivity index (χ4v) is 4.06. The van der Waals surface area contributed by atoms with Crippen molar-refractivity contribution in [3.8, 4) is 28.6 Å². The Kier molecular flexibility index (Phi) is 5.66. The molecule has 0 bridgehead atoms. The fourth-order valence-electron chi connectivity index (χ4n) is 3.32. The first-order chi connectivity index (χ1) is 16.1. The van der Waals surface area contributed by atoms with Gasteiger partial charge in [0, 0.05) is 23.4 Å². The number of nitrogens with one attached hydrogen (secondary N) is 1. The van der Waals surface area contributed by atoms with Crippen molar-refractivity contribution in [2.45, 2.75) is 5.16 Å². The van der Waals surface area contributed by atoms with Crippen LogP contribution in [0.25, 0.3) is 17.1 Å². The molecular weight excluding hydrogens is 450 g/mol. The van der Waals surface area contributed by atoms with Crippen LogP contribution in [0.1, 0.15) is 0 Å². The van der Waals surface area contributed by atoms with E-state index in [4.69, 9.17) is 9.47 Å². The number of anilines is 1. The van der Waals surface area contributed by atoms with Crippen LogP contribution in [0, 0.1) is 11.6 Å². The summed E-state index contributed by atoms with van der Waals surface area (Å²) in [7, 11) is 0. The highest BCUT2D eigenvalue weighted by Gasteiger charge is 2.20. The van der Waals surface area contributed by atoms with Crippen molar-refractivity contribution in [3.05, 3.63) is 78.4 Å². The van der Waals surface area contributed by atoms with Crippen molar-refractivity contribution in [3.63, 3.8) is 0 Å². The predicted molar refractivity (Wildman–Crippen MR) is 119 cm³/mol. The van der Waals surface area contributed by atoms with Gasteiger partial charge in [-0.25, -0.2) is 8.78 Å². The second-order valence-electron chi connectivity index (χ2n) is 7.01. The molecule has 0 spiro atoms. The maximum absolute atomic E-state index is 14.7. The number of rotatable bonds is 6. The van der Waals surface area contributed by atoms with E-state index >= 15 is 0 Å². The average Bonchev–Trinajstić information content (AvgIpc) is 3.45. The van der Waals surface area contributed by atoms with Gasteiger partial charge in [0.15, 0.2) is 22.5 Å². The molecule has 0 aliphatic carbocycles. The van der Waals surface area contributed by atoms with Gasteiger partial charge in [0.25, 0.3) is 0 Å². The van der Waals surface area contributed by atoms with Crippen LogP contribution in [-0.2, 0) is 4.79 Å². The lowest BCUT2D eigenvalue weighted by Gasteiger charge is -2.11. The maximum atomic E-state index is 14.7. The van der Waals surface area contributed by atoms with Crippen molar-refractivity contribution in [2.75, 3.05) is 17.9 Å². The van der Waals surface area contributed by atoms with Gasteiger partial charge in [-0.2, -0.15) is 0 Å². The van der Waals surface area contributed by atoms with Crippen molar-refractivity contribution < 1.29 is 23.0 Å². The molecule has 1 amide bonds. The molecule has 1 aliphatic heterocycles. The number of hydrogen-bond acceptors (Lipinski definition) is 6. The number of carbonyl (C=O) groups excluding carboxylic acids is 1. The second-order valence-corrected chi connectivity index (χ2v) is 7.95. The zero-order valence-corrected chi connectivity index (χ0v) is 17.8. The van der Waals surface area contributed by atoms with E-state index in [1.807, 2.05) is 30.3 Å². The second kappa shape index (κ2) is 8.91. The molecule has 5 rings (SSSR count). The smallest absolute Gasteiger partial charge is 0.234 e. The van der Waals surface area contributed by atoms with E-state index in [-0.39, 0.29) is 24.1 Å². The fraction of sp³-hybridized carbons (Fsp3) is 0.0870. The maximum Gasteiger partial charge on any atom is 0.234 e. The first kappa shape index (κ1) is 21.0. The van der Waals surface area contributed by atoms with Crippen LogP contribution in [0.4, 0.5) is 14.5 Å². The summed E-state index contributed by atoms with van der Waals surface area (Å²) in [5.74, 6) is -0.218. The number of nitrogens with zero attached hydrogens (tertiary/aromatic N) is 3. The third kappa shape index (κ3) is 4.37. The number of ether oxygens (including phenoxy) is 2. The Morgan fingerprint density at radius 1 is 1.00 bits per heavy atom. The van der Waals surface area contributed by atoms with Gasteiger partial charge in [0.2, 0.25) is 12.7 Å². The van der Waals surface area contributed by atoms with Gasteiger partial charge < -0.3 is 14.8 Å². The van der Waals surface area contributed by atoms with Crippen LogP contribution < -0.4 is 14.8 Å². The van der Waals surface area contributed by atoms with Gasteiger partial charge in [-0.3, -0.25) is 9.36 Å². The van der Waals surface area contributed by atoms with E-state index in [0.29, 0.717) is 33.7 Å². The molecule has 1 aromatic heterocycles. The first-order valence-corrected chi connectivity index (χ1v) is 10.9. The molecule has 0 fully saturated rings. The summed E-state index contributed by atoms with van der Waals surface area (Å²) in [5, 5.41) is 11.4. The largest absolute Gasteiger partial charge is 0.454 e. The highest BCUT2D eigenvalue weighted by molar-refractivity contribution is 7.99. The molecule has 0 saturated carbocycles. The van der Waals surface area contributed by atoms with Gasteiger partial charge in [-0.15, -0.1) is 10.2 Å². The third-order valence-corrected chi connectivity index (χ3v) is 5.73. The van der Waals surface area contributed by atoms with Crippen LogP contribution in [-0.4, -0.2) is 33.2 Å². The number of halogens is 2. The van der Waals surface area contributed by atoms with Gasteiger partial charge in [0.05, 0.1) is 11.4 Å². The molecule has 1 aliphatic rings. The van der Waals surface area contributed by atoms with Crippen LogP contribution in [0.5, 0.6) is 11.5 Å². The standard InChI is InChI=1S/C23H16F2N4O3S/c24-15-6-8-18(17(25)10-15)29-22(14-4-2-1-3-5-14)27-28-23(29)33-12-21(30)26-16-7-9-19-20(11-16)32-13-31-19/h1-11H,12-13H2,(H,26,30). The Balaban J connectivity index is 1.40. The monoisotopic (exact) mass is 466 g/mol. The Morgan fingerprint density at radius 3 is 2.64 bits per heavy atom. The SMILES string of the molecule is O=C(CSc1nnc(-c2ccccc2)n1-c1ccc(F)cc1F)Nc1ccc2c(c1)OCO2. The molecule has 0 saturated heterocycles. The number of hydrogen-bond donors (Lipinski definition) is 1. The van der Waals surface area contributed by atoms with Crippen molar-refractivity contribution in [2.24, 2.45) is 0 Å². The van der Waals surface area contributed by atoms with E-state index < -0.39 is 11.6 Å². The Morgan fingerprint density at radius 2 is 1.82 bits per heavy atom. The summed E-state index contributed by atoms with van der Waals surface area (Å²) < 4.78 is 40.2. The molecule has 7 nitrogen and oxygen atoms in total. The quantitative estimate of drug-likeness (QED) is 0.416. The summed E-state index contributed by atoms with van der Waals surface area (Å²) >= 11 is 1.08. The topological polar surface area (TPSA) is 78.3 Å². The predicted octanol–water partition coefficient (Wildman–Crippen LogP) is 4.67. The number of carbonyl (C=O) groups is 1. The third-order valence-electron chi connectivity index (χ3n) is 4.80. The van der Waals surface area contributed by atoms with Crippen molar-refractivity contribution in [1.29, 1.82) is 0 Å². The highest BCUT2D eigenvalue weighted by Crippen LogP contribution is 2.34. The minimum atomic E-state index is -0.765. The molecule has 0 radical (unpaired) electrons. The summed E-state index contributed by atoms with van der Waals surface area (Å²) in [6.45, 7) is 0.141. The molecular formula is C23H16F2N4O3S. The Hall–Kier alpha value is -3.92. The molecule has 0 atom stereocenters. The lowest BCUT2D eigenvalue weighted by atomic mass is 10.2. The van der Waals surface area contributed by atoms with Gasteiger partial charge in [-0.1, -0.05) is 42.1 Å². The Bertz CT molecular complexity index is 1330. The first-order valence-electron chi connectivity index (χ1n) is 9.87. The molecule has 166 valence electrons. The van der Waals surface area contributed by atoms with Crippen LogP contribution in [0.2, 0.25) is 0 Å². The summed E-state index contributed by atoms with van der Waals surface area (Å²) in [6.07, 6.45) is 0. The summed E-state index contributed by atoms with van der Waals surface area (Å²) in [5.41, 5.74) is 1.34. The van der Waals surface area contributed by atoms with Crippen LogP contribution >= 0.6 is 11.8 Å². The molecule has 1 N–H and O–H groups in total. The zero-order valence-electron chi connectivity index (χ0n) is 17.0. The molecule has 0 unspecified atom stereocenters. The molecule has 33 heavy (non-hydrogen) atoms. The number of aromatic nitrogens is 3. The minimum absolute atomic E-state index is 0.00974. The lowest BCUT2D eigenvalue weighted by molar-refractivity contribution is -0.113. The van der Waals surface area contributed by atoms with Gasteiger partial charge >= 0.3 is 0 Å². The average molecular weight is 466 g/mol. The van der Waals surface area contributed by atoms with E-state index in [1.54, 1.807) is 18.2 Å². The van der Waals surface area contributed by atoms with E-state index in [9.17, 15) is 13.6 Å². The van der Waals surface area contributed by atoms with Crippen molar-refractivity contribution in [1.82, 2.24) is 14.8 Å². The molecule has 4 aromatic rings. The number of amides is 1. The zero-order chi connectivity index (χ0) is 22.8. The van der Waals surface area contributed by atoms with Gasteiger partial charge in [-0.05, 0) is 24.3 Å². The molecule has 3 aromatic carbocycles. The minimum Gasteiger partial charge on any atom is -0.454 e. The number of benzene rings is 3. The van der Waals surface area contributed by atoms with Crippen molar-refractivity contribution >= 4 is 23.4 Å². The van der Waals surface area contributed by atoms with E-state index in [1.165, 1.54) is 10.6 Å². The number of thioether (sulfide) groups is 1. The summed E-state index contributed by atoms with van der Waals surface area (Å²) in [6, 6.07) is 17.5. The van der Waals surface area contributed by atoms with Crippen LogP contribution in [0.3, 0.4) is 0 Å². The van der Waals surface area contributed by atoms with E-state index in [2.05, 4.69) is 15.5 Å². The Labute approximate surface area is 191 Å². The highest BCUT2D eigenvalue weighted by atomic mass is 32.2. The summed E-state index contributed by atoms with van der Waals surface area (Å²) in [4.78, 5) is 12.5. The molecule has 2 heterocycles. The lowest BCUT2D eigenvalue weighted by Crippen LogP contribution is -2.14. The van der Waals surface area contributed by atoms with Crippen LogP contribution in [0.15, 0.2) is 71.9 Å². The molecule has 10 heteroatoms.